The van der Waals surface area contributed by atoms with Crippen molar-refractivity contribution in [3.05, 3.63) is 23.1 Å². The molecule has 0 aliphatic rings. The lowest BCUT2D eigenvalue weighted by atomic mass is 10.1. The van der Waals surface area contributed by atoms with Crippen molar-refractivity contribution in [1.29, 1.82) is 0 Å². The standard InChI is InChI=1S/C20H27ClN2O4/c1-14-22-16-13-18(17(25-2)12-15(16)20(21)23-14)27-11-9-7-5-4-6-8-10-19(24)26-3/h12-13H,4-11H2,1-3H3. The molecule has 7 heteroatoms. The smallest absolute Gasteiger partial charge is 0.305 e. The van der Waals surface area contributed by atoms with Gasteiger partial charge in [-0.05, 0) is 25.8 Å². The number of halogens is 1. The second-order valence-electron chi connectivity index (χ2n) is 6.38. The quantitative estimate of drug-likeness (QED) is 0.307. The summed E-state index contributed by atoms with van der Waals surface area (Å²) in [5.74, 6) is 1.78. The first-order valence-corrected chi connectivity index (χ1v) is 9.64. The number of aromatic nitrogens is 2. The third kappa shape index (κ3) is 6.54. The van der Waals surface area contributed by atoms with Crippen LogP contribution in [-0.2, 0) is 9.53 Å². The zero-order valence-corrected chi connectivity index (χ0v) is 17.0. The van der Waals surface area contributed by atoms with Crippen LogP contribution in [0.3, 0.4) is 0 Å². The summed E-state index contributed by atoms with van der Waals surface area (Å²) in [5.41, 5.74) is 0.744. The van der Waals surface area contributed by atoms with Gasteiger partial charge in [-0.1, -0.05) is 37.3 Å². The van der Waals surface area contributed by atoms with E-state index in [0.717, 1.165) is 49.4 Å². The molecule has 2 rings (SSSR count). The molecule has 1 aromatic carbocycles. The largest absolute Gasteiger partial charge is 0.493 e. The van der Waals surface area contributed by atoms with Crippen molar-refractivity contribution in [2.75, 3.05) is 20.8 Å². The van der Waals surface area contributed by atoms with Gasteiger partial charge in [0, 0.05) is 17.9 Å². The van der Waals surface area contributed by atoms with E-state index in [0.29, 0.717) is 35.5 Å². The number of hydrogen-bond donors (Lipinski definition) is 0. The molecule has 0 spiro atoms. The number of carbonyl (C=O) groups is 1. The minimum Gasteiger partial charge on any atom is -0.493 e. The number of esters is 1. The number of fused-ring (bicyclic) bond motifs is 1. The number of unbranched alkanes of at least 4 members (excludes halogenated alkanes) is 5. The van der Waals surface area contributed by atoms with Crippen LogP contribution in [0.5, 0.6) is 11.5 Å². The lowest BCUT2D eigenvalue weighted by molar-refractivity contribution is -0.140. The molecular formula is C20H27ClN2O4. The number of ether oxygens (including phenoxy) is 3. The Kier molecular flexibility index (Phi) is 8.58. The molecule has 2 aromatic rings. The molecule has 0 bridgehead atoms. The third-order valence-corrected chi connectivity index (χ3v) is 4.60. The maximum atomic E-state index is 11.0. The van der Waals surface area contributed by atoms with Gasteiger partial charge in [0.05, 0.1) is 26.3 Å². The van der Waals surface area contributed by atoms with Crippen molar-refractivity contribution in [3.63, 3.8) is 0 Å². The van der Waals surface area contributed by atoms with Gasteiger partial charge in [-0.15, -0.1) is 0 Å². The minimum atomic E-state index is -0.130. The van der Waals surface area contributed by atoms with Gasteiger partial charge in [0.25, 0.3) is 0 Å². The summed E-state index contributed by atoms with van der Waals surface area (Å²) in [6.07, 6.45) is 6.74. The number of hydrogen-bond acceptors (Lipinski definition) is 6. The van der Waals surface area contributed by atoms with E-state index in [9.17, 15) is 4.79 Å². The first-order chi connectivity index (χ1) is 13.0. The summed E-state index contributed by atoms with van der Waals surface area (Å²) < 4.78 is 15.9. The van der Waals surface area contributed by atoms with E-state index in [1.807, 2.05) is 12.1 Å². The highest BCUT2D eigenvalue weighted by atomic mass is 35.5. The SMILES string of the molecule is COC(=O)CCCCCCCCOc1cc2nc(C)nc(Cl)c2cc1OC. The highest BCUT2D eigenvalue weighted by molar-refractivity contribution is 6.34. The Bertz CT molecular complexity index is 767. The Morgan fingerprint density at radius 1 is 1.00 bits per heavy atom. The van der Waals surface area contributed by atoms with Crippen LogP contribution >= 0.6 is 11.6 Å². The van der Waals surface area contributed by atoms with E-state index in [2.05, 4.69) is 14.7 Å². The Morgan fingerprint density at radius 3 is 2.41 bits per heavy atom. The fraction of sp³-hybridized carbons (Fsp3) is 0.550. The summed E-state index contributed by atoms with van der Waals surface area (Å²) in [6, 6.07) is 3.66. The van der Waals surface area contributed by atoms with E-state index in [-0.39, 0.29) is 5.97 Å². The number of carbonyl (C=O) groups excluding carboxylic acids is 1. The summed E-state index contributed by atoms with van der Waals surface area (Å²) >= 11 is 6.19. The molecule has 0 aliphatic carbocycles. The number of aryl methyl sites for hydroxylation is 1. The van der Waals surface area contributed by atoms with Crippen molar-refractivity contribution >= 4 is 28.5 Å². The molecule has 0 unspecified atom stereocenters. The van der Waals surface area contributed by atoms with Crippen molar-refractivity contribution in [1.82, 2.24) is 9.97 Å². The fourth-order valence-electron chi connectivity index (χ4n) is 2.84. The van der Waals surface area contributed by atoms with Crippen LogP contribution in [0.1, 0.15) is 50.8 Å². The summed E-state index contributed by atoms with van der Waals surface area (Å²) in [6.45, 7) is 2.42. The topological polar surface area (TPSA) is 70.5 Å². The molecule has 0 N–H and O–H groups in total. The molecule has 0 fully saturated rings. The lowest BCUT2D eigenvalue weighted by Crippen LogP contribution is -2.01. The number of nitrogens with zero attached hydrogens (tertiary/aromatic N) is 2. The van der Waals surface area contributed by atoms with Gasteiger partial charge in [-0.2, -0.15) is 0 Å². The van der Waals surface area contributed by atoms with Gasteiger partial charge in [-0.3, -0.25) is 4.79 Å². The van der Waals surface area contributed by atoms with E-state index >= 15 is 0 Å². The van der Waals surface area contributed by atoms with Crippen LogP contribution < -0.4 is 9.47 Å². The van der Waals surface area contributed by atoms with Crippen LogP contribution in [0.25, 0.3) is 10.9 Å². The zero-order valence-electron chi connectivity index (χ0n) is 16.2. The van der Waals surface area contributed by atoms with Crippen molar-refractivity contribution < 1.29 is 19.0 Å². The van der Waals surface area contributed by atoms with E-state index in [1.165, 1.54) is 7.11 Å². The Labute approximate surface area is 165 Å². The third-order valence-electron chi connectivity index (χ3n) is 4.31. The highest BCUT2D eigenvalue weighted by Gasteiger charge is 2.11. The van der Waals surface area contributed by atoms with Gasteiger partial charge in [0.2, 0.25) is 0 Å². The molecule has 1 heterocycles. The molecule has 0 saturated heterocycles. The molecule has 1 aromatic heterocycles. The monoisotopic (exact) mass is 394 g/mol. The maximum Gasteiger partial charge on any atom is 0.305 e. The van der Waals surface area contributed by atoms with Crippen molar-refractivity contribution in [3.8, 4) is 11.5 Å². The van der Waals surface area contributed by atoms with E-state index < -0.39 is 0 Å². The molecule has 148 valence electrons. The molecule has 0 aliphatic heterocycles. The summed E-state index contributed by atoms with van der Waals surface area (Å²) in [5, 5.41) is 1.16. The van der Waals surface area contributed by atoms with Gasteiger partial charge in [-0.25, -0.2) is 9.97 Å². The number of methoxy groups -OCH3 is 2. The molecule has 6 nitrogen and oxygen atoms in total. The van der Waals surface area contributed by atoms with Crippen LogP contribution in [0, 0.1) is 6.92 Å². The highest BCUT2D eigenvalue weighted by Crippen LogP contribution is 2.34. The number of benzene rings is 1. The molecular weight excluding hydrogens is 368 g/mol. The predicted octanol–water partition coefficient (Wildman–Crippen LogP) is 4.88. The van der Waals surface area contributed by atoms with Crippen molar-refractivity contribution in [2.45, 2.75) is 51.9 Å². The van der Waals surface area contributed by atoms with Gasteiger partial charge >= 0.3 is 5.97 Å². The maximum absolute atomic E-state index is 11.0. The zero-order chi connectivity index (χ0) is 19.6. The van der Waals surface area contributed by atoms with Crippen LogP contribution in [0.15, 0.2) is 12.1 Å². The molecule has 0 atom stereocenters. The van der Waals surface area contributed by atoms with Crippen molar-refractivity contribution in [2.24, 2.45) is 0 Å². The summed E-state index contributed by atoms with van der Waals surface area (Å²) in [4.78, 5) is 19.6. The van der Waals surface area contributed by atoms with Crippen LogP contribution in [0.2, 0.25) is 5.15 Å². The molecule has 27 heavy (non-hydrogen) atoms. The van der Waals surface area contributed by atoms with Gasteiger partial charge < -0.3 is 14.2 Å². The van der Waals surface area contributed by atoms with E-state index in [1.54, 1.807) is 14.0 Å². The first-order valence-electron chi connectivity index (χ1n) is 9.26. The minimum absolute atomic E-state index is 0.130. The fourth-order valence-corrected chi connectivity index (χ4v) is 3.12. The van der Waals surface area contributed by atoms with Crippen LogP contribution in [0.4, 0.5) is 0 Å². The lowest BCUT2D eigenvalue weighted by Gasteiger charge is -2.12. The normalized spacial score (nSPS) is 10.8. The Balaban J connectivity index is 1.77. The molecule has 0 amide bonds. The summed E-state index contributed by atoms with van der Waals surface area (Å²) in [7, 11) is 3.03. The Morgan fingerprint density at radius 2 is 1.70 bits per heavy atom. The second-order valence-corrected chi connectivity index (χ2v) is 6.74. The van der Waals surface area contributed by atoms with Crippen LogP contribution in [-0.4, -0.2) is 36.8 Å². The molecule has 0 radical (unpaired) electrons. The van der Waals surface area contributed by atoms with Gasteiger partial charge in [0.15, 0.2) is 11.5 Å². The Hall–Kier alpha value is -2.08. The predicted molar refractivity (Wildman–Crippen MR) is 106 cm³/mol. The van der Waals surface area contributed by atoms with E-state index in [4.69, 9.17) is 21.1 Å². The molecule has 0 saturated carbocycles. The average Bonchev–Trinajstić information content (AvgIpc) is 2.65. The second kappa shape index (κ2) is 10.9. The first kappa shape index (κ1) is 21.2. The van der Waals surface area contributed by atoms with Gasteiger partial charge in [0.1, 0.15) is 11.0 Å². The number of rotatable bonds is 11. The average molecular weight is 395 g/mol.